The Hall–Kier alpha value is -3.28. The maximum absolute atomic E-state index is 12.8. The molecule has 0 unspecified atom stereocenters. The molecular formula is C29H40N8O2S. The van der Waals surface area contributed by atoms with Crippen LogP contribution in [0.3, 0.4) is 0 Å². The number of piperidine rings is 1. The molecule has 2 aliphatic heterocycles. The Morgan fingerprint density at radius 3 is 2.17 bits per heavy atom. The van der Waals surface area contributed by atoms with E-state index in [-0.39, 0.29) is 10.8 Å². The molecule has 2 fully saturated rings. The summed E-state index contributed by atoms with van der Waals surface area (Å²) >= 11 is 0. The van der Waals surface area contributed by atoms with Crippen LogP contribution in [-0.4, -0.2) is 90.8 Å². The van der Waals surface area contributed by atoms with Gasteiger partial charge in [-0.05, 0) is 76.6 Å². The van der Waals surface area contributed by atoms with Crippen molar-refractivity contribution in [1.82, 2.24) is 24.8 Å². The summed E-state index contributed by atoms with van der Waals surface area (Å²) in [4.78, 5) is 20.8. The third kappa shape index (κ3) is 6.37. The van der Waals surface area contributed by atoms with Crippen LogP contribution in [0.2, 0.25) is 0 Å². The monoisotopic (exact) mass is 564 g/mol. The number of aromatic nitrogens is 3. The van der Waals surface area contributed by atoms with Crippen LogP contribution in [0.5, 0.6) is 0 Å². The first-order chi connectivity index (χ1) is 19.2. The Bertz CT molecular complexity index is 1420. The molecule has 0 aliphatic carbocycles. The molecule has 0 bridgehead atoms. The zero-order valence-electron chi connectivity index (χ0n) is 23.8. The summed E-state index contributed by atoms with van der Waals surface area (Å²) in [5.74, 6) is 0.645. The molecule has 3 heterocycles. The fourth-order valence-electron chi connectivity index (χ4n) is 5.39. The van der Waals surface area contributed by atoms with Crippen molar-refractivity contribution in [3.63, 3.8) is 0 Å². The summed E-state index contributed by atoms with van der Waals surface area (Å²) in [6, 6.07) is 13.9. The summed E-state index contributed by atoms with van der Waals surface area (Å²) in [6.07, 6.45) is 3.81. The number of aryl methyl sites for hydroxylation is 1. The summed E-state index contributed by atoms with van der Waals surface area (Å²) < 4.78 is 25.6. The molecule has 0 amide bonds. The van der Waals surface area contributed by atoms with E-state index in [0.717, 1.165) is 24.3 Å². The molecule has 0 atom stereocenters. The first kappa shape index (κ1) is 28.3. The zero-order valence-corrected chi connectivity index (χ0v) is 24.7. The van der Waals surface area contributed by atoms with Crippen molar-refractivity contribution in [2.45, 2.75) is 49.8 Å². The van der Waals surface area contributed by atoms with E-state index in [0.29, 0.717) is 17.7 Å². The van der Waals surface area contributed by atoms with E-state index in [2.05, 4.69) is 72.5 Å². The van der Waals surface area contributed by atoms with Crippen LogP contribution in [-0.2, 0) is 9.84 Å². The number of hydrogen-bond acceptors (Lipinski definition) is 10. The Morgan fingerprint density at radius 2 is 1.52 bits per heavy atom. The normalized spacial score (nSPS) is 17.8. The lowest BCUT2D eigenvalue weighted by Gasteiger charge is -2.42. The van der Waals surface area contributed by atoms with Gasteiger partial charge in [-0.2, -0.15) is 4.98 Å². The highest BCUT2D eigenvalue weighted by Gasteiger charge is 2.27. The smallest absolute Gasteiger partial charge is 0.232 e. The van der Waals surface area contributed by atoms with Gasteiger partial charge in [-0.25, -0.2) is 18.4 Å². The average Bonchev–Trinajstić information content (AvgIpc) is 2.95. The second-order valence-electron chi connectivity index (χ2n) is 11.0. The minimum Gasteiger partial charge on any atom is -0.371 e. The lowest BCUT2D eigenvalue weighted by molar-refractivity contribution is 0.0982. The largest absolute Gasteiger partial charge is 0.371 e. The van der Waals surface area contributed by atoms with Gasteiger partial charge in [-0.15, -0.1) is 0 Å². The minimum absolute atomic E-state index is 0.221. The Morgan fingerprint density at radius 1 is 0.875 bits per heavy atom. The molecule has 10 nitrogen and oxygen atoms in total. The second-order valence-corrected chi connectivity index (χ2v) is 13.5. The fraction of sp³-hybridized carbons (Fsp3) is 0.483. The summed E-state index contributed by atoms with van der Waals surface area (Å²) in [7, 11) is -1.27. The minimum atomic E-state index is -3.47. The van der Waals surface area contributed by atoms with Crippen LogP contribution in [0.25, 0.3) is 0 Å². The van der Waals surface area contributed by atoms with E-state index in [1.165, 1.54) is 51.0 Å². The molecule has 2 N–H and O–H groups in total. The van der Waals surface area contributed by atoms with Gasteiger partial charge < -0.3 is 20.4 Å². The summed E-state index contributed by atoms with van der Waals surface area (Å²) in [6.45, 7) is 12.2. The topological polar surface area (TPSA) is 107 Å². The quantitative estimate of drug-likeness (QED) is 0.416. The van der Waals surface area contributed by atoms with Gasteiger partial charge in [0.15, 0.2) is 9.84 Å². The molecular weight excluding hydrogens is 524 g/mol. The molecule has 5 rings (SSSR count). The Balaban J connectivity index is 1.23. The van der Waals surface area contributed by atoms with E-state index in [1.807, 2.05) is 0 Å². The van der Waals surface area contributed by atoms with Crippen molar-refractivity contribution in [2.24, 2.45) is 0 Å². The number of hydrogen-bond donors (Lipinski definition) is 2. The van der Waals surface area contributed by atoms with Gasteiger partial charge in [-0.3, -0.25) is 4.90 Å². The van der Waals surface area contributed by atoms with Gasteiger partial charge in [0.2, 0.25) is 11.9 Å². The van der Waals surface area contributed by atoms with Gasteiger partial charge in [0.05, 0.1) is 15.8 Å². The molecule has 2 aliphatic rings. The first-order valence-corrected chi connectivity index (χ1v) is 15.6. The Labute approximate surface area is 237 Å². The molecule has 214 valence electrons. The molecule has 11 heteroatoms. The maximum Gasteiger partial charge on any atom is 0.232 e. The third-order valence-electron chi connectivity index (χ3n) is 7.97. The number of nitrogens with one attached hydrogen (secondary N) is 2. The maximum atomic E-state index is 12.8. The molecule has 3 aromatic rings. The molecule has 40 heavy (non-hydrogen) atoms. The van der Waals surface area contributed by atoms with Gasteiger partial charge in [0.1, 0.15) is 6.33 Å². The second kappa shape index (κ2) is 12.1. The number of piperazine rings is 1. The number of benzene rings is 2. The van der Waals surface area contributed by atoms with Crippen molar-refractivity contribution in [1.29, 1.82) is 0 Å². The molecule has 0 saturated carbocycles. The van der Waals surface area contributed by atoms with E-state index in [4.69, 9.17) is 0 Å². The molecule has 0 radical (unpaired) electrons. The lowest BCUT2D eigenvalue weighted by Crippen LogP contribution is -2.52. The van der Waals surface area contributed by atoms with Gasteiger partial charge in [-0.1, -0.05) is 12.1 Å². The highest BCUT2D eigenvalue weighted by Crippen LogP contribution is 2.29. The van der Waals surface area contributed by atoms with E-state index >= 15 is 0 Å². The lowest BCUT2D eigenvalue weighted by atomic mass is 10.0. The van der Waals surface area contributed by atoms with Crippen LogP contribution in [0.1, 0.15) is 32.3 Å². The average molecular weight is 565 g/mol. The number of likely N-dealkylation sites (N-methyl/N-ethyl adjacent to an activating group) is 1. The van der Waals surface area contributed by atoms with Crippen molar-refractivity contribution in [2.75, 3.05) is 61.8 Å². The van der Waals surface area contributed by atoms with Crippen molar-refractivity contribution in [3.8, 4) is 0 Å². The third-order valence-corrected chi connectivity index (χ3v) is 10.2. The SMILES string of the molecule is Cc1cc(N2CCC(N3CCN(C)CC3)CC2)ccc1Nc1ncnc(Nc2ccccc2S(=O)(=O)C(C)C)n1. The fourth-order valence-corrected chi connectivity index (χ4v) is 6.59. The van der Waals surface area contributed by atoms with Crippen molar-refractivity contribution < 1.29 is 8.42 Å². The van der Waals surface area contributed by atoms with E-state index in [9.17, 15) is 8.42 Å². The number of sulfone groups is 1. The van der Waals surface area contributed by atoms with Crippen LogP contribution in [0.15, 0.2) is 53.7 Å². The van der Waals surface area contributed by atoms with Crippen molar-refractivity contribution >= 4 is 38.8 Å². The number of para-hydroxylation sites is 1. The predicted molar refractivity (Wildman–Crippen MR) is 161 cm³/mol. The van der Waals surface area contributed by atoms with Crippen LogP contribution in [0, 0.1) is 6.92 Å². The Kier molecular flexibility index (Phi) is 8.53. The molecule has 0 spiro atoms. The number of nitrogens with zero attached hydrogens (tertiary/aromatic N) is 6. The number of rotatable bonds is 8. The van der Waals surface area contributed by atoms with Crippen LogP contribution in [0.4, 0.5) is 29.0 Å². The van der Waals surface area contributed by atoms with E-state index in [1.54, 1.807) is 38.1 Å². The van der Waals surface area contributed by atoms with Gasteiger partial charge in [0.25, 0.3) is 0 Å². The summed E-state index contributed by atoms with van der Waals surface area (Å²) in [5, 5.41) is 5.82. The first-order valence-electron chi connectivity index (χ1n) is 14.0. The van der Waals surface area contributed by atoms with Crippen molar-refractivity contribution in [3.05, 3.63) is 54.4 Å². The highest BCUT2D eigenvalue weighted by atomic mass is 32.2. The molecule has 2 saturated heterocycles. The standard InChI is InChI=1S/C29H40N8O2S/c1-21(2)40(38,39)27-8-6-5-7-26(27)33-29-31-20-30-28(34-29)32-25-10-9-24(19-22(25)3)36-13-11-23(12-14-36)37-17-15-35(4)16-18-37/h5-10,19-21,23H,11-18H2,1-4H3,(H2,30,31,32,33,34). The predicted octanol–water partition coefficient (Wildman–Crippen LogP) is 4.07. The zero-order chi connectivity index (χ0) is 28.3. The van der Waals surface area contributed by atoms with Gasteiger partial charge in [0, 0.05) is 56.7 Å². The van der Waals surface area contributed by atoms with Gasteiger partial charge >= 0.3 is 0 Å². The molecule has 2 aromatic carbocycles. The van der Waals surface area contributed by atoms with E-state index < -0.39 is 15.1 Å². The van der Waals surface area contributed by atoms with Crippen LogP contribution < -0.4 is 15.5 Å². The summed E-state index contributed by atoms with van der Waals surface area (Å²) in [5.41, 5.74) is 3.68. The van der Waals surface area contributed by atoms with Crippen LogP contribution >= 0.6 is 0 Å². The number of anilines is 5. The highest BCUT2D eigenvalue weighted by molar-refractivity contribution is 7.92. The molecule has 1 aromatic heterocycles.